The maximum Gasteiger partial charge on any atom is 0.326 e. The summed E-state index contributed by atoms with van der Waals surface area (Å²) in [5.41, 5.74) is 0.471. The maximum absolute atomic E-state index is 12.2. The lowest BCUT2D eigenvalue weighted by atomic mass is 10.0. The minimum atomic E-state index is -1.07. The molecule has 0 saturated heterocycles. The molecule has 0 saturated carbocycles. The van der Waals surface area contributed by atoms with Crippen LogP contribution in [0.4, 0.5) is 0 Å². The zero-order valence-corrected chi connectivity index (χ0v) is 10.9. The molecule has 4 nitrogen and oxygen atoms in total. The first kappa shape index (κ1) is 13.8. The summed E-state index contributed by atoms with van der Waals surface area (Å²) in [5.74, 6) is -1.46. The number of rotatable bonds is 5. The van der Waals surface area contributed by atoms with E-state index in [0.717, 1.165) is 10.8 Å². The molecular formula is C16H15NO3. The highest BCUT2D eigenvalue weighted by atomic mass is 16.4. The van der Waals surface area contributed by atoms with Crippen LogP contribution in [-0.4, -0.2) is 23.0 Å². The van der Waals surface area contributed by atoms with Crippen molar-refractivity contribution in [2.45, 2.75) is 12.5 Å². The monoisotopic (exact) mass is 269 g/mol. The molecule has 1 amide bonds. The van der Waals surface area contributed by atoms with E-state index in [1.165, 1.54) is 6.08 Å². The van der Waals surface area contributed by atoms with Gasteiger partial charge in [0, 0.05) is 5.56 Å². The van der Waals surface area contributed by atoms with Crippen molar-refractivity contribution < 1.29 is 14.7 Å². The highest BCUT2D eigenvalue weighted by Crippen LogP contribution is 2.18. The van der Waals surface area contributed by atoms with Gasteiger partial charge in [0.25, 0.3) is 5.91 Å². The Kier molecular flexibility index (Phi) is 4.15. The molecule has 2 N–H and O–H groups in total. The molecule has 0 aliphatic heterocycles. The van der Waals surface area contributed by atoms with Crippen LogP contribution < -0.4 is 5.32 Å². The Morgan fingerprint density at radius 3 is 2.60 bits per heavy atom. The van der Waals surface area contributed by atoms with Crippen molar-refractivity contribution in [1.82, 2.24) is 5.32 Å². The largest absolute Gasteiger partial charge is 0.480 e. The van der Waals surface area contributed by atoms with Crippen molar-refractivity contribution >= 4 is 22.6 Å². The molecule has 0 radical (unpaired) electrons. The average Bonchev–Trinajstić information content (AvgIpc) is 2.46. The summed E-state index contributed by atoms with van der Waals surface area (Å²) < 4.78 is 0. The molecule has 0 fully saturated rings. The van der Waals surface area contributed by atoms with E-state index in [9.17, 15) is 9.59 Å². The summed E-state index contributed by atoms with van der Waals surface area (Å²) in [6.45, 7) is 3.50. The zero-order chi connectivity index (χ0) is 14.5. The van der Waals surface area contributed by atoms with E-state index in [1.54, 1.807) is 12.1 Å². The molecule has 0 heterocycles. The van der Waals surface area contributed by atoms with Crippen molar-refractivity contribution in [3.8, 4) is 0 Å². The standard InChI is InChI=1S/C16H15NO3/c1-2-6-14(16(19)20)17-15(18)13-10-5-8-11-7-3-4-9-12(11)13/h2-5,7-10,14H,1,6H2,(H,17,18)(H,19,20). The highest BCUT2D eigenvalue weighted by Gasteiger charge is 2.20. The van der Waals surface area contributed by atoms with Crippen molar-refractivity contribution in [3.63, 3.8) is 0 Å². The highest BCUT2D eigenvalue weighted by molar-refractivity contribution is 6.07. The first-order valence-corrected chi connectivity index (χ1v) is 6.26. The van der Waals surface area contributed by atoms with Crippen LogP contribution in [0, 0.1) is 0 Å². The number of benzene rings is 2. The van der Waals surface area contributed by atoms with Gasteiger partial charge in [0.15, 0.2) is 0 Å². The van der Waals surface area contributed by atoms with Crippen molar-refractivity contribution in [1.29, 1.82) is 0 Å². The Hall–Kier alpha value is -2.62. The second kappa shape index (κ2) is 6.02. The van der Waals surface area contributed by atoms with Crippen LogP contribution in [0.3, 0.4) is 0 Å². The predicted molar refractivity (Wildman–Crippen MR) is 77.7 cm³/mol. The number of fused-ring (bicyclic) bond motifs is 1. The summed E-state index contributed by atoms with van der Waals surface area (Å²) in [5, 5.41) is 13.3. The Bertz CT molecular complexity index is 658. The number of amides is 1. The van der Waals surface area contributed by atoms with E-state index >= 15 is 0 Å². The Balaban J connectivity index is 2.31. The second-order valence-corrected chi connectivity index (χ2v) is 4.42. The van der Waals surface area contributed by atoms with Crippen LogP contribution in [0.5, 0.6) is 0 Å². The Morgan fingerprint density at radius 2 is 1.90 bits per heavy atom. The van der Waals surface area contributed by atoms with Gasteiger partial charge in [-0.05, 0) is 23.3 Å². The minimum Gasteiger partial charge on any atom is -0.480 e. The molecule has 20 heavy (non-hydrogen) atoms. The number of nitrogens with one attached hydrogen (secondary N) is 1. The third-order valence-electron chi connectivity index (χ3n) is 3.04. The quantitative estimate of drug-likeness (QED) is 0.820. The Morgan fingerprint density at radius 1 is 1.20 bits per heavy atom. The molecule has 0 aromatic heterocycles. The number of carboxylic acid groups (broad SMARTS) is 1. The van der Waals surface area contributed by atoms with Crippen LogP contribution in [0.1, 0.15) is 16.8 Å². The van der Waals surface area contributed by atoms with Gasteiger partial charge in [-0.1, -0.05) is 42.5 Å². The van der Waals surface area contributed by atoms with Gasteiger partial charge in [0.2, 0.25) is 0 Å². The molecule has 1 unspecified atom stereocenters. The second-order valence-electron chi connectivity index (χ2n) is 4.42. The molecule has 2 aromatic rings. The number of carboxylic acids is 1. The summed E-state index contributed by atoms with van der Waals surface area (Å²) in [6, 6.07) is 11.9. The van der Waals surface area contributed by atoms with Crippen LogP contribution in [0.2, 0.25) is 0 Å². The van der Waals surface area contributed by atoms with Gasteiger partial charge < -0.3 is 10.4 Å². The van der Waals surface area contributed by atoms with Crippen molar-refractivity contribution in [2.75, 3.05) is 0 Å². The smallest absolute Gasteiger partial charge is 0.326 e. The zero-order valence-electron chi connectivity index (χ0n) is 10.9. The van der Waals surface area contributed by atoms with E-state index < -0.39 is 17.9 Å². The molecular weight excluding hydrogens is 254 g/mol. The molecule has 2 aromatic carbocycles. The maximum atomic E-state index is 12.2. The van der Waals surface area contributed by atoms with Gasteiger partial charge in [0.05, 0.1) is 0 Å². The first-order valence-electron chi connectivity index (χ1n) is 6.26. The van der Waals surface area contributed by atoms with E-state index in [-0.39, 0.29) is 6.42 Å². The van der Waals surface area contributed by atoms with Crippen LogP contribution in [-0.2, 0) is 4.79 Å². The molecule has 0 aliphatic carbocycles. The SMILES string of the molecule is C=CCC(NC(=O)c1cccc2ccccc12)C(=O)O. The van der Waals surface area contributed by atoms with Crippen LogP contribution in [0.25, 0.3) is 10.8 Å². The van der Waals surface area contributed by atoms with Gasteiger partial charge >= 0.3 is 5.97 Å². The van der Waals surface area contributed by atoms with E-state index in [1.807, 2.05) is 30.3 Å². The summed E-state index contributed by atoms with van der Waals surface area (Å²) in [4.78, 5) is 23.3. The lowest BCUT2D eigenvalue weighted by Gasteiger charge is -2.13. The number of hydrogen-bond donors (Lipinski definition) is 2. The topological polar surface area (TPSA) is 66.4 Å². The molecule has 0 aliphatic rings. The third-order valence-corrected chi connectivity index (χ3v) is 3.04. The van der Waals surface area contributed by atoms with Crippen LogP contribution >= 0.6 is 0 Å². The van der Waals surface area contributed by atoms with Gasteiger partial charge in [0.1, 0.15) is 6.04 Å². The summed E-state index contributed by atoms with van der Waals surface area (Å²) in [7, 11) is 0. The van der Waals surface area contributed by atoms with Crippen molar-refractivity contribution in [3.05, 3.63) is 60.7 Å². The van der Waals surface area contributed by atoms with Gasteiger partial charge in [-0.25, -0.2) is 4.79 Å². The minimum absolute atomic E-state index is 0.186. The number of aliphatic carboxylic acids is 1. The molecule has 2 rings (SSSR count). The number of hydrogen-bond acceptors (Lipinski definition) is 2. The molecule has 0 spiro atoms. The van der Waals surface area contributed by atoms with E-state index in [2.05, 4.69) is 11.9 Å². The summed E-state index contributed by atoms with van der Waals surface area (Å²) >= 11 is 0. The Labute approximate surface area is 116 Å². The van der Waals surface area contributed by atoms with E-state index in [4.69, 9.17) is 5.11 Å². The fourth-order valence-corrected chi connectivity index (χ4v) is 2.05. The van der Waals surface area contributed by atoms with Crippen LogP contribution in [0.15, 0.2) is 55.1 Å². The fraction of sp³-hybridized carbons (Fsp3) is 0.125. The van der Waals surface area contributed by atoms with Crippen molar-refractivity contribution in [2.24, 2.45) is 0 Å². The molecule has 0 bridgehead atoms. The lowest BCUT2D eigenvalue weighted by Crippen LogP contribution is -2.40. The lowest BCUT2D eigenvalue weighted by molar-refractivity contribution is -0.139. The average molecular weight is 269 g/mol. The molecule has 4 heteroatoms. The first-order chi connectivity index (χ1) is 9.63. The normalized spacial score (nSPS) is 11.8. The third kappa shape index (κ3) is 2.85. The van der Waals surface area contributed by atoms with Gasteiger partial charge in [-0.3, -0.25) is 4.79 Å². The predicted octanol–water partition coefficient (Wildman–Crippen LogP) is 2.60. The summed E-state index contributed by atoms with van der Waals surface area (Å²) in [6.07, 6.45) is 1.66. The van der Waals surface area contributed by atoms with E-state index in [0.29, 0.717) is 5.56 Å². The van der Waals surface area contributed by atoms with Gasteiger partial charge in [-0.15, -0.1) is 6.58 Å². The molecule has 102 valence electrons. The number of carbonyl (C=O) groups excluding carboxylic acids is 1. The number of carbonyl (C=O) groups is 2. The fourth-order valence-electron chi connectivity index (χ4n) is 2.05. The molecule has 1 atom stereocenters. The van der Waals surface area contributed by atoms with Gasteiger partial charge in [-0.2, -0.15) is 0 Å².